The second-order valence-electron chi connectivity index (χ2n) is 18.8. The molecule has 0 aliphatic rings. The molecule has 3 atom stereocenters. The lowest BCUT2D eigenvalue weighted by atomic mass is 10.0. The topological polar surface area (TPSA) is 273 Å². The van der Waals surface area contributed by atoms with Crippen LogP contribution in [0.4, 0.5) is 5.69 Å². The third-order valence-electron chi connectivity index (χ3n) is 12.8. The summed E-state index contributed by atoms with van der Waals surface area (Å²) in [5.41, 5.74) is 5.34. The number of hydrogen-bond donors (Lipinski definition) is 2. The van der Waals surface area contributed by atoms with E-state index in [9.17, 15) is 28.8 Å². The van der Waals surface area contributed by atoms with Crippen LogP contribution in [-0.2, 0) is 51.2 Å². The van der Waals surface area contributed by atoms with Gasteiger partial charge in [0.15, 0.2) is 0 Å². The number of hydrogen-bond acceptors (Lipinski definition) is 19. The molecule has 0 saturated heterocycles. The van der Waals surface area contributed by atoms with Crippen LogP contribution in [0.15, 0.2) is 128 Å². The number of amides is 2. The molecule has 3 unspecified atom stereocenters. The number of rotatable bonds is 28. The van der Waals surface area contributed by atoms with Crippen LogP contribution in [0.5, 0.6) is 0 Å². The van der Waals surface area contributed by atoms with Crippen LogP contribution >= 0.6 is 0 Å². The summed E-state index contributed by atoms with van der Waals surface area (Å²) >= 11 is 0. The number of nitrogens with one attached hydrogen (secondary N) is 2. The fourth-order valence-electron chi connectivity index (χ4n) is 8.79. The molecule has 0 aliphatic heterocycles. The van der Waals surface area contributed by atoms with Gasteiger partial charge in [0.05, 0.1) is 89.2 Å². The Kier molecular flexibility index (Phi) is 20.0. The van der Waals surface area contributed by atoms with Crippen LogP contribution < -0.4 is 26.8 Å². The lowest BCUT2D eigenvalue weighted by Crippen LogP contribution is -2.30. The first-order chi connectivity index (χ1) is 39.1. The average Bonchev–Trinajstić information content (AvgIpc) is 4.27. The van der Waals surface area contributed by atoms with Gasteiger partial charge in [-0.3, -0.25) is 19.2 Å². The van der Waals surface area contributed by atoms with Gasteiger partial charge in [-0.25, -0.2) is 19.0 Å². The lowest BCUT2D eigenvalue weighted by Gasteiger charge is -2.22. The van der Waals surface area contributed by atoms with Gasteiger partial charge in [0.1, 0.15) is 34.8 Å². The highest BCUT2D eigenvalue weighted by Crippen LogP contribution is 2.30. The van der Waals surface area contributed by atoms with Crippen LogP contribution in [0.25, 0.3) is 33.3 Å². The van der Waals surface area contributed by atoms with Crippen molar-refractivity contribution in [2.75, 3.05) is 64.1 Å². The summed E-state index contributed by atoms with van der Waals surface area (Å²) in [6.07, 6.45) is 1.36. The van der Waals surface area contributed by atoms with E-state index in [1.165, 1.54) is 26.0 Å². The van der Waals surface area contributed by atoms with Gasteiger partial charge in [0, 0.05) is 83.8 Å². The Hall–Kier alpha value is -8.90. The number of benzene rings is 4. The fourth-order valence-corrected chi connectivity index (χ4v) is 8.79. The van der Waals surface area contributed by atoms with Gasteiger partial charge in [-0.15, -0.1) is 10.2 Å². The number of aryl methyl sites for hydroxylation is 1. The highest BCUT2D eigenvalue weighted by atomic mass is 16.6. The molecule has 8 aromatic rings. The van der Waals surface area contributed by atoms with Crippen molar-refractivity contribution in [2.24, 2.45) is 0 Å². The Balaban J connectivity index is 0.697. The van der Waals surface area contributed by atoms with Gasteiger partial charge in [-0.05, 0) is 100.0 Å². The van der Waals surface area contributed by atoms with Crippen molar-refractivity contribution in [1.82, 2.24) is 40.6 Å². The first kappa shape index (κ1) is 58.3. The molecule has 81 heavy (non-hydrogen) atoms. The third kappa shape index (κ3) is 15.9. The zero-order valence-corrected chi connectivity index (χ0v) is 45.7. The van der Waals surface area contributed by atoms with E-state index in [1.807, 2.05) is 45.9 Å². The van der Waals surface area contributed by atoms with Crippen molar-refractivity contribution >= 4 is 51.4 Å². The Bertz CT molecular complexity index is 3570. The molecule has 0 radical (unpaired) electrons. The van der Waals surface area contributed by atoms with Gasteiger partial charge in [0.25, 0.3) is 11.8 Å². The van der Waals surface area contributed by atoms with E-state index < -0.39 is 47.2 Å². The number of carbonyl (C=O) groups is 4. The molecule has 0 aliphatic carbocycles. The number of anilines is 1. The summed E-state index contributed by atoms with van der Waals surface area (Å²) in [6, 6.07) is 26.9. The molecule has 23 nitrogen and oxygen atoms in total. The zero-order chi connectivity index (χ0) is 57.4. The Labute approximate surface area is 465 Å². The molecule has 0 spiro atoms. The van der Waals surface area contributed by atoms with E-state index in [2.05, 4.69) is 36.2 Å². The number of fused-ring (bicyclic) bond motifs is 2. The van der Waals surface area contributed by atoms with Gasteiger partial charge in [-0.1, -0.05) is 22.6 Å². The van der Waals surface area contributed by atoms with Gasteiger partial charge >= 0.3 is 23.2 Å². The molecule has 2 amide bonds. The van der Waals surface area contributed by atoms with E-state index in [1.54, 1.807) is 88.5 Å². The summed E-state index contributed by atoms with van der Waals surface area (Å²) in [5, 5.41) is 23.6. The summed E-state index contributed by atoms with van der Waals surface area (Å²) in [7, 11) is 0. The van der Waals surface area contributed by atoms with Crippen molar-refractivity contribution in [1.29, 1.82) is 0 Å². The zero-order valence-electron chi connectivity index (χ0n) is 45.7. The van der Waals surface area contributed by atoms with Crippen LogP contribution in [0.1, 0.15) is 95.6 Å². The average molecular weight is 1110 g/mol. The molecule has 2 N–H and O–H groups in total. The molecule has 4 heterocycles. The van der Waals surface area contributed by atoms with Crippen LogP contribution in [0.3, 0.4) is 0 Å². The van der Waals surface area contributed by atoms with Crippen molar-refractivity contribution in [2.45, 2.75) is 73.1 Å². The molecule has 424 valence electrons. The summed E-state index contributed by atoms with van der Waals surface area (Å²) in [4.78, 5) is 77.7. The number of esters is 2. The van der Waals surface area contributed by atoms with E-state index in [0.717, 1.165) is 24.3 Å². The Morgan fingerprint density at radius 2 is 1.07 bits per heavy atom. The number of ether oxygens (including phenoxy) is 6. The number of nitrogens with zero attached hydrogens (tertiary/aromatic N) is 7. The normalized spacial score (nSPS) is 12.5. The smallest absolute Gasteiger partial charge is 0.336 e. The van der Waals surface area contributed by atoms with Crippen molar-refractivity contribution in [3.63, 3.8) is 0 Å². The minimum atomic E-state index is -0.953. The van der Waals surface area contributed by atoms with Gasteiger partial charge in [0.2, 0.25) is 0 Å². The van der Waals surface area contributed by atoms with E-state index in [-0.39, 0.29) is 32.4 Å². The molecular formula is C58H63N9O14. The molecule has 0 bridgehead atoms. The standard InChI is InChI=1S/C58H63N9O14/c1-7-65(8-2)46-18-20-48-50(28-56(71)81-52(48)26-46)54(79-39(6)69)30-60-58(73)41-10-14-44(15-11-41)66-31-42(61-63-66)34-75-22-21-74-33-37(4)77-24-23-76-35-43-32-67(64-62-43)45-16-12-40(13-17-45)57(72)59-29-53(78-38(5)68)49-27-55(70)80-51-25-36(3)9-19-47(49)51/h9-20,25-28,31-32,37,53-54H,7-8,21-24,29-30,33-35H2,1-6H3,(H,59,72)(H,60,73). The molecular weight excluding hydrogens is 1050 g/mol. The monoisotopic (exact) mass is 1110 g/mol. The van der Waals surface area contributed by atoms with E-state index >= 15 is 0 Å². The molecule has 23 heteroatoms. The highest BCUT2D eigenvalue weighted by molar-refractivity contribution is 5.95. The summed E-state index contributed by atoms with van der Waals surface area (Å²) < 4.78 is 48.2. The van der Waals surface area contributed by atoms with Gasteiger partial charge in [-0.2, -0.15) is 0 Å². The second-order valence-corrected chi connectivity index (χ2v) is 18.8. The highest BCUT2D eigenvalue weighted by Gasteiger charge is 2.24. The van der Waals surface area contributed by atoms with E-state index in [0.29, 0.717) is 100.0 Å². The Morgan fingerprint density at radius 3 is 1.57 bits per heavy atom. The van der Waals surface area contributed by atoms with Crippen molar-refractivity contribution < 1.29 is 56.4 Å². The number of aromatic nitrogens is 6. The maximum atomic E-state index is 13.3. The first-order valence-electron chi connectivity index (χ1n) is 26.3. The minimum Gasteiger partial charge on any atom is -0.456 e. The van der Waals surface area contributed by atoms with Crippen LogP contribution in [-0.4, -0.2) is 119 Å². The maximum absolute atomic E-state index is 13.3. The predicted octanol–water partition coefficient (Wildman–Crippen LogP) is 6.44. The molecule has 4 aromatic heterocycles. The summed E-state index contributed by atoms with van der Waals surface area (Å²) in [6.45, 7) is 13.7. The minimum absolute atomic E-state index is 0.0814. The maximum Gasteiger partial charge on any atom is 0.336 e. The van der Waals surface area contributed by atoms with Gasteiger partial charge < -0.3 is 52.8 Å². The lowest BCUT2D eigenvalue weighted by molar-refractivity contribution is -0.147. The van der Waals surface area contributed by atoms with Crippen LogP contribution in [0, 0.1) is 6.92 Å². The van der Waals surface area contributed by atoms with Crippen LogP contribution in [0.2, 0.25) is 0 Å². The molecule has 8 rings (SSSR count). The molecule has 0 saturated carbocycles. The third-order valence-corrected chi connectivity index (χ3v) is 12.8. The van der Waals surface area contributed by atoms with Crippen molar-refractivity contribution in [3.8, 4) is 11.4 Å². The number of carbonyl (C=O) groups excluding carboxylic acids is 4. The van der Waals surface area contributed by atoms with Crippen molar-refractivity contribution in [3.05, 3.63) is 170 Å². The fraction of sp³-hybridized carbons (Fsp3) is 0.345. The SMILES string of the molecule is CCN(CC)c1ccc2c(C(CNC(=O)c3ccc(-n4cc(COCCOCC(C)OCCOCc5cn(-c6ccc(C(=O)NCC(OC(C)=O)c7cc(=O)oc8cc(C)ccc78)cc6)nn5)nn4)cc3)OC(C)=O)cc(=O)oc2c1. The molecule has 0 fully saturated rings. The second kappa shape index (κ2) is 27.8. The quantitative estimate of drug-likeness (QED) is 0.0303. The largest absolute Gasteiger partial charge is 0.456 e. The first-order valence-corrected chi connectivity index (χ1v) is 26.3. The summed E-state index contributed by atoms with van der Waals surface area (Å²) in [5.74, 6) is -1.96. The van der Waals surface area contributed by atoms with E-state index in [4.69, 9.17) is 37.3 Å². The predicted molar refractivity (Wildman–Crippen MR) is 295 cm³/mol. The molecule has 4 aromatic carbocycles. The Morgan fingerprint density at radius 1 is 0.605 bits per heavy atom.